The van der Waals surface area contributed by atoms with Gasteiger partial charge in [-0.2, -0.15) is 0 Å². The van der Waals surface area contributed by atoms with E-state index in [0.29, 0.717) is 13.1 Å². The van der Waals surface area contributed by atoms with Gasteiger partial charge in [-0.1, -0.05) is 18.2 Å². The number of fused-ring (bicyclic) bond motifs is 1. The molecule has 2 N–H and O–H groups in total. The van der Waals surface area contributed by atoms with Crippen molar-refractivity contribution in [3.05, 3.63) is 42.2 Å². The van der Waals surface area contributed by atoms with Gasteiger partial charge in [0, 0.05) is 30.4 Å². The lowest BCUT2D eigenvalue weighted by atomic mass is 10.1. The molecule has 0 aliphatic carbocycles. The molecule has 0 bridgehead atoms. The van der Waals surface area contributed by atoms with E-state index >= 15 is 0 Å². The first-order valence-electron chi connectivity index (χ1n) is 6.48. The van der Waals surface area contributed by atoms with Gasteiger partial charge in [0.2, 0.25) is 5.91 Å². The summed E-state index contributed by atoms with van der Waals surface area (Å²) in [7, 11) is 0. The van der Waals surface area contributed by atoms with Gasteiger partial charge in [0.15, 0.2) is 0 Å². The highest BCUT2D eigenvalue weighted by Gasteiger charge is 2.04. The Bertz CT molecular complexity index is 561. The molecular weight excluding hydrogens is 238 g/mol. The van der Waals surface area contributed by atoms with Crippen molar-refractivity contribution < 1.29 is 4.79 Å². The van der Waals surface area contributed by atoms with Crippen LogP contribution in [0.15, 0.2) is 36.7 Å². The minimum absolute atomic E-state index is 0.0249. The molecule has 100 valence electrons. The number of carbonyl (C=O) groups excluding carboxylic acids is 1. The molecule has 0 saturated heterocycles. The van der Waals surface area contributed by atoms with Crippen LogP contribution < -0.4 is 10.6 Å². The second-order valence-corrected chi connectivity index (χ2v) is 4.84. The number of rotatable bonds is 5. The molecule has 0 aliphatic heterocycles. The van der Waals surface area contributed by atoms with E-state index in [2.05, 4.69) is 21.7 Å². The van der Waals surface area contributed by atoms with Crippen molar-refractivity contribution in [2.75, 3.05) is 6.54 Å². The third-order valence-electron chi connectivity index (χ3n) is 2.82. The van der Waals surface area contributed by atoms with E-state index < -0.39 is 0 Å². The normalized spacial score (nSPS) is 10.9. The number of hydrogen-bond donors (Lipinski definition) is 2. The van der Waals surface area contributed by atoms with Gasteiger partial charge >= 0.3 is 0 Å². The van der Waals surface area contributed by atoms with Crippen molar-refractivity contribution in [2.24, 2.45) is 0 Å². The standard InChI is InChI=1S/C15H19N3O/c1-11(2)18-15(19)10-17-9-13-5-3-4-12-8-16-7-6-14(12)13/h3-8,11,17H,9-10H2,1-2H3,(H,18,19). The van der Waals surface area contributed by atoms with E-state index in [1.54, 1.807) is 6.20 Å². The predicted octanol–water partition coefficient (Wildman–Crippen LogP) is 1.85. The first-order chi connectivity index (χ1) is 9.16. The summed E-state index contributed by atoms with van der Waals surface area (Å²) in [5, 5.41) is 8.32. The molecule has 4 heteroatoms. The molecule has 0 radical (unpaired) electrons. The third kappa shape index (κ3) is 3.76. The predicted molar refractivity (Wildman–Crippen MR) is 76.7 cm³/mol. The van der Waals surface area contributed by atoms with Crippen LogP contribution in [0.25, 0.3) is 10.8 Å². The van der Waals surface area contributed by atoms with Gasteiger partial charge < -0.3 is 10.6 Å². The number of hydrogen-bond acceptors (Lipinski definition) is 3. The van der Waals surface area contributed by atoms with Gasteiger partial charge in [0.25, 0.3) is 0 Å². The highest BCUT2D eigenvalue weighted by atomic mass is 16.1. The minimum atomic E-state index is 0.0249. The van der Waals surface area contributed by atoms with Crippen molar-refractivity contribution in [1.82, 2.24) is 15.6 Å². The molecule has 0 spiro atoms. The van der Waals surface area contributed by atoms with Crippen LogP contribution in [0.5, 0.6) is 0 Å². The van der Waals surface area contributed by atoms with E-state index in [1.807, 2.05) is 38.2 Å². The van der Waals surface area contributed by atoms with Crippen LogP contribution in [0.2, 0.25) is 0 Å². The molecule has 19 heavy (non-hydrogen) atoms. The van der Waals surface area contributed by atoms with Crippen LogP contribution in [0, 0.1) is 0 Å². The topological polar surface area (TPSA) is 54.0 Å². The van der Waals surface area contributed by atoms with Gasteiger partial charge in [-0.3, -0.25) is 9.78 Å². The number of pyridine rings is 1. The second-order valence-electron chi connectivity index (χ2n) is 4.84. The lowest BCUT2D eigenvalue weighted by Gasteiger charge is -2.10. The number of nitrogens with one attached hydrogen (secondary N) is 2. The molecule has 0 fully saturated rings. The van der Waals surface area contributed by atoms with Gasteiger partial charge in [0.05, 0.1) is 6.54 Å². The molecule has 2 aromatic rings. The van der Waals surface area contributed by atoms with Crippen LogP contribution in [0.3, 0.4) is 0 Å². The Balaban J connectivity index is 1.97. The summed E-state index contributed by atoms with van der Waals surface area (Å²) in [6.07, 6.45) is 3.64. The number of benzene rings is 1. The summed E-state index contributed by atoms with van der Waals surface area (Å²) >= 11 is 0. The summed E-state index contributed by atoms with van der Waals surface area (Å²) in [6.45, 7) is 4.91. The summed E-state index contributed by atoms with van der Waals surface area (Å²) in [6, 6.07) is 8.29. The Labute approximate surface area is 113 Å². The van der Waals surface area contributed by atoms with Crippen molar-refractivity contribution in [2.45, 2.75) is 26.4 Å². The first-order valence-corrected chi connectivity index (χ1v) is 6.48. The molecule has 1 aromatic carbocycles. The molecular formula is C15H19N3O. The van der Waals surface area contributed by atoms with Crippen LogP contribution in [-0.2, 0) is 11.3 Å². The minimum Gasteiger partial charge on any atom is -0.353 e. The zero-order valence-corrected chi connectivity index (χ0v) is 11.3. The number of aromatic nitrogens is 1. The molecule has 0 atom stereocenters. The zero-order chi connectivity index (χ0) is 13.7. The lowest BCUT2D eigenvalue weighted by molar-refractivity contribution is -0.120. The summed E-state index contributed by atoms with van der Waals surface area (Å²) in [4.78, 5) is 15.6. The number of carbonyl (C=O) groups is 1. The van der Waals surface area contributed by atoms with Crippen molar-refractivity contribution in [3.8, 4) is 0 Å². The van der Waals surface area contributed by atoms with Crippen LogP contribution >= 0.6 is 0 Å². The lowest BCUT2D eigenvalue weighted by Crippen LogP contribution is -2.37. The maximum Gasteiger partial charge on any atom is 0.234 e. The van der Waals surface area contributed by atoms with Gasteiger partial charge in [-0.25, -0.2) is 0 Å². The molecule has 0 unspecified atom stereocenters. The van der Waals surface area contributed by atoms with E-state index in [0.717, 1.165) is 5.39 Å². The van der Waals surface area contributed by atoms with Crippen molar-refractivity contribution in [1.29, 1.82) is 0 Å². The Morgan fingerprint density at radius 2 is 2.16 bits per heavy atom. The fraction of sp³-hybridized carbons (Fsp3) is 0.333. The number of nitrogens with zero attached hydrogens (tertiary/aromatic N) is 1. The summed E-state index contributed by atoms with van der Waals surface area (Å²) in [5.41, 5.74) is 1.18. The highest BCUT2D eigenvalue weighted by molar-refractivity contribution is 5.84. The maximum absolute atomic E-state index is 11.5. The van der Waals surface area contributed by atoms with E-state index in [-0.39, 0.29) is 11.9 Å². The Hall–Kier alpha value is -1.94. The summed E-state index contributed by atoms with van der Waals surface area (Å²) < 4.78 is 0. The second kappa shape index (κ2) is 6.29. The largest absolute Gasteiger partial charge is 0.353 e. The van der Waals surface area contributed by atoms with E-state index in [4.69, 9.17) is 0 Å². The number of amides is 1. The fourth-order valence-corrected chi connectivity index (χ4v) is 2.03. The molecule has 1 amide bonds. The molecule has 2 rings (SSSR count). The van der Waals surface area contributed by atoms with Crippen molar-refractivity contribution in [3.63, 3.8) is 0 Å². The molecule has 1 heterocycles. The van der Waals surface area contributed by atoms with E-state index in [1.165, 1.54) is 10.9 Å². The van der Waals surface area contributed by atoms with Gasteiger partial charge in [-0.05, 0) is 30.9 Å². The quantitative estimate of drug-likeness (QED) is 0.859. The van der Waals surface area contributed by atoms with Crippen molar-refractivity contribution >= 4 is 16.7 Å². The average Bonchev–Trinajstić information content (AvgIpc) is 2.38. The monoisotopic (exact) mass is 257 g/mol. The molecule has 4 nitrogen and oxygen atoms in total. The Morgan fingerprint density at radius 3 is 2.95 bits per heavy atom. The van der Waals surface area contributed by atoms with Crippen LogP contribution in [0.1, 0.15) is 19.4 Å². The smallest absolute Gasteiger partial charge is 0.234 e. The average molecular weight is 257 g/mol. The van der Waals surface area contributed by atoms with Crippen LogP contribution in [0.4, 0.5) is 0 Å². The molecule has 0 aliphatic rings. The Kier molecular flexibility index (Phi) is 4.47. The zero-order valence-electron chi connectivity index (χ0n) is 11.3. The van der Waals surface area contributed by atoms with Gasteiger partial charge in [-0.15, -0.1) is 0 Å². The highest BCUT2D eigenvalue weighted by Crippen LogP contribution is 2.16. The summed E-state index contributed by atoms with van der Waals surface area (Å²) in [5.74, 6) is 0.0249. The molecule has 0 saturated carbocycles. The van der Waals surface area contributed by atoms with Gasteiger partial charge in [0.1, 0.15) is 0 Å². The molecule has 1 aromatic heterocycles. The SMILES string of the molecule is CC(C)NC(=O)CNCc1cccc2cnccc12. The fourth-order valence-electron chi connectivity index (χ4n) is 2.03. The maximum atomic E-state index is 11.5. The van der Waals surface area contributed by atoms with Crippen LogP contribution in [-0.4, -0.2) is 23.5 Å². The third-order valence-corrected chi connectivity index (χ3v) is 2.82. The first kappa shape index (κ1) is 13.5. The Morgan fingerprint density at radius 1 is 1.32 bits per heavy atom. The van der Waals surface area contributed by atoms with E-state index in [9.17, 15) is 4.79 Å².